The van der Waals surface area contributed by atoms with Gasteiger partial charge in [-0.3, -0.25) is 0 Å². The summed E-state index contributed by atoms with van der Waals surface area (Å²) >= 11 is 0. The Morgan fingerprint density at radius 2 is 2.05 bits per heavy atom. The molecule has 2 heterocycles. The fraction of sp³-hybridized carbons (Fsp3) is 1.00. The molecule has 2 aliphatic heterocycles. The van der Waals surface area contributed by atoms with Crippen LogP contribution in [0.1, 0.15) is 46.5 Å². The minimum atomic E-state index is -3.32. The molecule has 0 spiro atoms. The van der Waals surface area contributed by atoms with Gasteiger partial charge in [-0.25, -0.2) is 0 Å². The van der Waals surface area contributed by atoms with Crippen LogP contribution in [0.5, 0.6) is 0 Å². The van der Waals surface area contributed by atoms with E-state index in [1.165, 1.54) is 0 Å². The molecule has 124 valence electrons. The Morgan fingerprint density at radius 3 is 2.62 bits per heavy atom. The summed E-state index contributed by atoms with van der Waals surface area (Å²) in [6, 6.07) is 0.0224. The summed E-state index contributed by atoms with van der Waals surface area (Å²) in [5.74, 6) is 0.914. The molecule has 6 heteroatoms. The highest BCUT2D eigenvalue weighted by molar-refractivity contribution is 7.86. The number of nitrogens with one attached hydrogen (secondary N) is 1. The summed E-state index contributed by atoms with van der Waals surface area (Å²) in [6.07, 6.45) is 4.40. The molecule has 2 rings (SSSR count). The van der Waals surface area contributed by atoms with Crippen molar-refractivity contribution in [3.8, 4) is 0 Å². The van der Waals surface area contributed by atoms with Crippen LogP contribution in [0.2, 0.25) is 0 Å². The molecule has 2 fully saturated rings. The van der Waals surface area contributed by atoms with E-state index in [4.69, 9.17) is 0 Å². The van der Waals surface area contributed by atoms with Crippen LogP contribution in [-0.2, 0) is 10.2 Å². The molecular weight excluding hydrogens is 286 g/mol. The van der Waals surface area contributed by atoms with Gasteiger partial charge in [-0.1, -0.05) is 6.92 Å². The fourth-order valence-corrected chi connectivity index (χ4v) is 5.44. The maximum atomic E-state index is 13.0. The average molecular weight is 317 g/mol. The SMILES string of the molecule is CC1CCCN(S(=O)(=O)N(CC2CCCNC2)C(C)C)C1. The van der Waals surface area contributed by atoms with Gasteiger partial charge in [-0.15, -0.1) is 0 Å². The van der Waals surface area contributed by atoms with Crippen molar-refractivity contribution >= 4 is 10.2 Å². The van der Waals surface area contributed by atoms with Gasteiger partial charge in [0.15, 0.2) is 0 Å². The Morgan fingerprint density at radius 1 is 1.29 bits per heavy atom. The lowest BCUT2D eigenvalue weighted by Crippen LogP contribution is -2.52. The summed E-state index contributed by atoms with van der Waals surface area (Å²) in [5.41, 5.74) is 0. The van der Waals surface area contributed by atoms with Crippen molar-refractivity contribution in [3.63, 3.8) is 0 Å². The minimum absolute atomic E-state index is 0.0224. The highest BCUT2D eigenvalue weighted by atomic mass is 32.2. The maximum Gasteiger partial charge on any atom is 0.282 e. The third-order valence-electron chi connectivity index (χ3n) is 4.66. The van der Waals surface area contributed by atoms with Gasteiger partial charge >= 0.3 is 0 Å². The topological polar surface area (TPSA) is 52.7 Å². The highest BCUT2D eigenvalue weighted by Crippen LogP contribution is 2.24. The first-order chi connectivity index (χ1) is 9.91. The van der Waals surface area contributed by atoms with Crippen molar-refractivity contribution < 1.29 is 8.42 Å². The zero-order valence-electron chi connectivity index (χ0n) is 13.7. The molecule has 0 aromatic carbocycles. The lowest BCUT2D eigenvalue weighted by atomic mass is 9.99. The number of piperidine rings is 2. The van der Waals surface area contributed by atoms with Gasteiger partial charge in [-0.2, -0.15) is 17.0 Å². The first kappa shape index (κ1) is 17.2. The minimum Gasteiger partial charge on any atom is -0.316 e. The second kappa shape index (κ2) is 7.40. The molecule has 0 amide bonds. The van der Waals surface area contributed by atoms with Crippen LogP contribution in [0.15, 0.2) is 0 Å². The van der Waals surface area contributed by atoms with E-state index in [1.807, 2.05) is 13.8 Å². The van der Waals surface area contributed by atoms with Gasteiger partial charge in [-0.05, 0) is 64.5 Å². The van der Waals surface area contributed by atoms with Crippen LogP contribution in [-0.4, -0.2) is 55.8 Å². The molecule has 0 aromatic heterocycles. The summed E-state index contributed by atoms with van der Waals surface area (Å²) in [6.45, 7) is 10.1. The molecule has 21 heavy (non-hydrogen) atoms. The second-order valence-electron chi connectivity index (χ2n) is 6.99. The van der Waals surface area contributed by atoms with Gasteiger partial charge in [0.25, 0.3) is 10.2 Å². The van der Waals surface area contributed by atoms with Crippen molar-refractivity contribution in [2.45, 2.75) is 52.5 Å². The van der Waals surface area contributed by atoms with E-state index in [2.05, 4.69) is 12.2 Å². The standard InChI is InChI=1S/C15H31N3O2S/c1-13(2)18(12-15-7-4-8-16-10-15)21(19,20)17-9-5-6-14(3)11-17/h13-16H,4-12H2,1-3H3. The number of hydrogen-bond acceptors (Lipinski definition) is 3. The van der Waals surface area contributed by atoms with Gasteiger partial charge in [0.05, 0.1) is 0 Å². The summed E-state index contributed by atoms with van der Waals surface area (Å²) < 4.78 is 29.4. The van der Waals surface area contributed by atoms with Gasteiger partial charge in [0, 0.05) is 25.7 Å². The molecular formula is C15H31N3O2S. The highest BCUT2D eigenvalue weighted by Gasteiger charge is 2.35. The molecule has 0 aliphatic carbocycles. The Labute approximate surface area is 130 Å². The fourth-order valence-electron chi connectivity index (χ4n) is 3.41. The lowest BCUT2D eigenvalue weighted by Gasteiger charge is -2.38. The normalized spacial score (nSPS) is 29.2. The summed E-state index contributed by atoms with van der Waals surface area (Å²) in [5, 5.41) is 3.38. The van der Waals surface area contributed by atoms with Crippen LogP contribution in [0.25, 0.3) is 0 Å². The predicted octanol–water partition coefficient (Wildman–Crippen LogP) is 1.67. The van der Waals surface area contributed by atoms with Crippen LogP contribution in [0.4, 0.5) is 0 Å². The Kier molecular flexibility index (Phi) is 6.05. The Balaban J connectivity index is 2.07. The number of rotatable bonds is 5. The molecule has 0 aromatic rings. The van der Waals surface area contributed by atoms with E-state index < -0.39 is 10.2 Å². The quantitative estimate of drug-likeness (QED) is 0.839. The molecule has 2 aliphatic rings. The van der Waals surface area contributed by atoms with E-state index in [0.29, 0.717) is 31.5 Å². The third kappa shape index (κ3) is 4.41. The first-order valence-corrected chi connectivity index (χ1v) is 9.78. The van der Waals surface area contributed by atoms with Crippen LogP contribution < -0.4 is 5.32 Å². The molecule has 0 saturated carbocycles. The number of hydrogen-bond donors (Lipinski definition) is 1. The van der Waals surface area contributed by atoms with E-state index in [1.54, 1.807) is 8.61 Å². The van der Waals surface area contributed by atoms with Crippen molar-refractivity contribution in [2.24, 2.45) is 11.8 Å². The van der Waals surface area contributed by atoms with Crippen LogP contribution in [0, 0.1) is 11.8 Å². The average Bonchev–Trinajstić information content (AvgIpc) is 2.45. The summed E-state index contributed by atoms with van der Waals surface area (Å²) in [4.78, 5) is 0. The van der Waals surface area contributed by atoms with Crippen molar-refractivity contribution in [1.29, 1.82) is 0 Å². The van der Waals surface area contributed by atoms with Crippen molar-refractivity contribution in [1.82, 2.24) is 13.9 Å². The maximum absolute atomic E-state index is 13.0. The Bertz CT molecular complexity index is 419. The van der Waals surface area contributed by atoms with Crippen LogP contribution in [0.3, 0.4) is 0 Å². The van der Waals surface area contributed by atoms with E-state index in [0.717, 1.165) is 38.8 Å². The molecule has 1 N–H and O–H groups in total. The molecule has 2 atom stereocenters. The van der Waals surface area contributed by atoms with E-state index in [-0.39, 0.29) is 6.04 Å². The van der Waals surface area contributed by atoms with Gasteiger partial charge in [0.1, 0.15) is 0 Å². The van der Waals surface area contributed by atoms with Gasteiger partial charge in [0.2, 0.25) is 0 Å². The zero-order valence-corrected chi connectivity index (χ0v) is 14.5. The molecule has 0 bridgehead atoms. The first-order valence-electron chi connectivity index (χ1n) is 8.39. The lowest BCUT2D eigenvalue weighted by molar-refractivity contribution is 0.221. The Hall–Kier alpha value is -0.170. The molecule has 2 unspecified atom stereocenters. The largest absolute Gasteiger partial charge is 0.316 e. The smallest absolute Gasteiger partial charge is 0.282 e. The second-order valence-corrected chi connectivity index (χ2v) is 8.87. The third-order valence-corrected chi connectivity index (χ3v) is 6.80. The van der Waals surface area contributed by atoms with E-state index in [9.17, 15) is 8.42 Å². The zero-order chi connectivity index (χ0) is 15.5. The predicted molar refractivity (Wildman–Crippen MR) is 86.3 cm³/mol. The van der Waals surface area contributed by atoms with Gasteiger partial charge < -0.3 is 5.32 Å². The van der Waals surface area contributed by atoms with Crippen molar-refractivity contribution in [3.05, 3.63) is 0 Å². The molecule has 5 nitrogen and oxygen atoms in total. The molecule has 2 saturated heterocycles. The number of nitrogens with zero attached hydrogens (tertiary/aromatic N) is 2. The molecule has 0 radical (unpaired) electrons. The van der Waals surface area contributed by atoms with Crippen LogP contribution >= 0.6 is 0 Å². The van der Waals surface area contributed by atoms with E-state index >= 15 is 0 Å². The van der Waals surface area contributed by atoms with Crippen molar-refractivity contribution in [2.75, 3.05) is 32.7 Å². The summed E-state index contributed by atoms with van der Waals surface area (Å²) in [7, 11) is -3.32. The monoisotopic (exact) mass is 317 g/mol.